The maximum absolute atomic E-state index is 12.7. The largest absolute Gasteiger partial charge is 0.403 e. The zero-order valence-corrected chi connectivity index (χ0v) is 12.1. The van der Waals surface area contributed by atoms with E-state index in [0.717, 1.165) is 18.4 Å². The molecule has 7 heteroatoms. The number of guanidine groups is 1. The molecule has 1 atom stereocenters. The minimum absolute atomic E-state index is 0.421. The Kier molecular flexibility index (Phi) is 4.78. The van der Waals surface area contributed by atoms with Crippen LogP contribution in [0, 0.1) is 5.92 Å². The molecule has 1 aliphatic heterocycles. The first kappa shape index (κ1) is 15.4. The van der Waals surface area contributed by atoms with Gasteiger partial charge in [0.2, 0.25) is 0 Å². The second-order valence-corrected chi connectivity index (χ2v) is 5.61. The Bertz CT molecular complexity index is 344. The molecule has 1 unspecified atom stereocenters. The number of aliphatic imine (C=N–C) groups is 1. The zero-order valence-electron chi connectivity index (χ0n) is 12.1. The summed E-state index contributed by atoms with van der Waals surface area (Å²) in [5.41, 5.74) is 0. The van der Waals surface area contributed by atoms with Gasteiger partial charge in [0, 0.05) is 39.8 Å². The SMILES string of the molecule is CN=C(NCC1CC1)N1CCN(C(C)C(F)(F)F)CC1. The lowest BCUT2D eigenvalue weighted by Crippen LogP contribution is -2.56. The molecule has 0 spiro atoms. The van der Waals surface area contributed by atoms with Crippen LogP contribution in [0.5, 0.6) is 0 Å². The van der Waals surface area contributed by atoms with Crippen LogP contribution in [-0.2, 0) is 0 Å². The molecule has 1 saturated heterocycles. The second-order valence-electron chi connectivity index (χ2n) is 5.61. The highest BCUT2D eigenvalue weighted by molar-refractivity contribution is 5.80. The van der Waals surface area contributed by atoms with Crippen molar-refractivity contribution in [2.24, 2.45) is 10.9 Å². The average molecular weight is 292 g/mol. The molecule has 1 heterocycles. The fourth-order valence-corrected chi connectivity index (χ4v) is 2.42. The normalized spacial score (nSPS) is 23.9. The highest BCUT2D eigenvalue weighted by Crippen LogP contribution is 2.28. The molecule has 1 saturated carbocycles. The van der Waals surface area contributed by atoms with Crippen LogP contribution in [0.25, 0.3) is 0 Å². The molecule has 2 fully saturated rings. The van der Waals surface area contributed by atoms with Crippen molar-refractivity contribution >= 4 is 5.96 Å². The minimum atomic E-state index is -4.14. The van der Waals surface area contributed by atoms with E-state index in [1.165, 1.54) is 24.7 Å². The van der Waals surface area contributed by atoms with Crippen molar-refractivity contribution in [1.29, 1.82) is 0 Å². The summed E-state index contributed by atoms with van der Waals surface area (Å²) in [6, 6.07) is -1.37. The third-order valence-corrected chi connectivity index (χ3v) is 4.09. The lowest BCUT2D eigenvalue weighted by molar-refractivity contribution is -0.181. The molecule has 0 radical (unpaired) electrons. The van der Waals surface area contributed by atoms with Gasteiger partial charge < -0.3 is 10.2 Å². The summed E-state index contributed by atoms with van der Waals surface area (Å²) < 4.78 is 38.0. The van der Waals surface area contributed by atoms with E-state index < -0.39 is 12.2 Å². The van der Waals surface area contributed by atoms with Gasteiger partial charge in [-0.3, -0.25) is 9.89 Å². The van der Waals surface area contributed by atoms with Crippen LogP contribution < -0.4 is 5.32 Å². The Hall–Kier alpha value is -0.980. The Labute approximate surface area is 118 Å². The molecule has 2 rings (SSSR count). The van der Waals surface area contributed by atoms with E-state index >= 15 is 0 Å². The average Bonchev–Trinajstić information content (AvgIpc) is 3.22. The van der Waals surface area contributed by atoms with E-state index in [2.05, 4.69) is 10.3 Å². The molecule has 0 bridgehead atoms. The molecule has 1 N–H and O–H groups in total. The predicted molar refractivity (Wildman–Crippen MR) is 72.7 cm³/mol. The number of nitrogens with zero attached hydrogens (tertiary/aromatic N) is 3. The number of piperazine rings is 1. The fraction of sp³-hybridized carbons (Fsp3) is 0.923. The number of halogens is 3. The number of hydrogen-bond donors (Lipinski definition) is 1. The molecule has 0 aromatic rings. The van der Waals surface area contributed by atoms with Gasteiger partial charge in [-0.05, 0) is 25.7 Å². The van der Waals surface area contributed by atoms with Gasteiger partial charge in [-0.15, -0.1) is 0 Å². The first-order valence-corrected chi connectivity index (χ1v) is 7.18. The Balaban J connectivity index is 1.80. The third kappa shape index (κ3) is 4.01. The summed E-state index contributed by atoms with van der Waals surface area (Å²) in [7, 11) is 1.72. The van der Waals surface area contributed by atoms with Gasteiger partial charge in [0.05, 0.1) is 0 Å². The number of hydrogen-bond acceptors (Lipinski definition) is 2. The van der Waals surface area contributed by atoms with Gasteiger partial charge in [-0.2, -0.15) is 13.2 Å². The molecular weight excluding hydrogens is 269 g/mol. The van der Waals surface area contributed by atoms with Crippen LogP contribution in [0.1, 0.15) is 19.8 Å². The summed E-state index contributed by atoms with van der Waals surface area (Å²) in [4.78, 5) is 7.76. The highest BCUT2D eigenvalue weighted by Gasteiger charge is 2.41. The first-order valence-electron chi connectivity index (χ1n) is 7.18. The van der Waals surface area contributed by atoms with Gasteiger partial charge in [0.1, 0.15) is 6.04 Å². The summed E-state index contributed by atoms with van der Waals surface area (Å²) in [5.74, 6) is 1.56. The van der Waals surface area contributed by atoms with Crippen molar-refractivity contribution in [2.45, 2.75) is 32.0 Å². The smallest absolute Gasteiger partial charge is 0.356 e. The Morgan fingerprint density at radius 3 is 2.30 bits per heavy atom. The first-order chi connectivity index (χ1) is 9.41. The third-order valence-electron chi connectivity index (χ3n) is 4.09. The predicted octanol–water partition coefficient (Wildman–Crippen LogP) is 1.54. The van der Waals surface area contributed by atoms with Crippen LogP contribution in [-0.4, -0.2) is 67.7 Å². The van der Waals surface area contributed by atoms with E-state index in [-0.39, 0.29) is 0 Å². The molecule has 0 amide bonds. The van der Waals surface area contributed by atoms with Crippen molar-refractivity contribution < 1.29 is 13.2 Å². The van der Waals surface area contributed by atoms with Crippen molar-refractivity contribution in [1.82, 2.24) is 15.1 Å². The highest BCUT2D eigenvalue weighted by atomic mass is 19.4. The topological polar surface area (TPSA) is 30.9 Å². The van der Waals surface area contributed by atoms with Gasteiger partial charge in [0.15, 0.2) is 5.96 Å². The molecule has 0 aromatic carbocycles. The van der Waals surface area contributed by atoms with E-state index in [4.69, 9.17) is 0 Å². The second kappa shape index (κ2) is 6.20. The van der Waals surface area contributed by atoms with Crippen molar-refractivity contribution in [3.8, 4) is 0 Å². The maximum atomic E-state index is 12.7. The molecule has 0 aromatic heterocycles. The summed E-state index contributed by atoms with van der Waals surface area (Å²) in [6.45, 7) is 4.17. The van der Waals surface area contributed by atoms with Crippen LogP contribution in [0.3, 0.4) is 0 Å². The molecular formula is C13H23F3N4. The van der Waals surface area contributed by atoms with Crippen molar-refractivity contribution in [3.05, 3.63) is 0 Å². The molecule has 2 aliphatic rings. The van der Waals surface area contributed by atoms with Gasteiger partial charge in [-0.1, -0.05) is 0 Å². The fourth-order valence-electron chi connectivity index (χ4n) is 2.42. The lowest BCUT2D eigenvalue weighted by Gasteiger charge is -2.39. The summed E-state index contributed by atoms with van der Waals surface area (Å²) in [5, 5.41) is 3.31. The van der Waals surface area contributed by atoms with E-state index in [1.807, 2.05) is 4.90 Å². The zero-order chi connectivity index (χ0) is 14.8. The molecule has 1 aliphatic carbocycles. The number of rotatable bonds is 3. The van der Waals surface area contributed by atoms with Crippen LogP contribution in [0.4, 0.5) is 13.2 Å². The monoisotopic (exact) mass is 292 g/mol. The number of alkyl halides is 3. The van der Waals surface area contributed by atoms with Crippen LogP contribution in [0.2, 0.25) is 0 Å². The van der Waals surface area contributed by atoms with Crippen molar-refractivity contribution in [3.63, 3.8) is 0 Å². The Morgan fingerprint density at radius 2 is 1.85 bits per heavy atom. The number of nitrogens with one attached hydrogen (secondary N) is 1. The summed E-state index contributed by atoms with van der Waals surface area (Å²) >= 11 is 0. The van der Waals surface area contributed by atoms with E-state index in [1.54, 1.807) is 7.05 Å². The quantitative estimate of drug-likeness (QED) is 0.632. The summed E-state index contributed by atoms with van der Waals surface area (Å²) in [6.07, 6.45) is -1.62. The maximum Gasteiger partial charge on any atom is 0.403 e. The molecule has 116 valence electrons. The molecule has 4 nitrogen and oxygen atoms in total. The van der Waals surface area contributed by atoms with E-state index in [0.29, 0.717) is 26.2 Å². The molecule has 20 heavy (non-hydrogen) atoms. The van der Waals surface area contributed by atoms with Gasteiger partial charge in [-0.25, -0.2) is 0 Å². The van der Waals surface area contributed by atoms with Crippen LogP contribution in [0.15, 0.2) is 4.99 Å². The Morgan fingerprint density at radius 1 is 1.25 bits per heavy atom. The van der Waals surface area contributed by atoms with E-state index in [9.17, 15) is 13.2 Å². The van der Waals surface area contributed by atoms with Gasteiger partial charge in [0.25, 0.3) is 0 Å². The van der Waals surface area contributed by atoms with Gasteiger partial charge >= 0.3 is 6.18 Å². The van der Waals surface area contributed by atoms with Crippen molar-refractivity contribution in [2.75, 3.05) is 39.8 Å². The van der Waals surface area contributed by atoms with Crippen LogP contribution >= 0.6 is 0 Å². The lowest BCUT2D eigenvalue weighted by atomic mass is 10.2. The minimum Gasteiger partial charge on any atom is -0.356 e. The standard InChI is InChI=1S/C13H23F3N4/c1-10(13(14,15)16)19-5-7-20(8-6-19)12(17-2)18-9-11-3-4-11/h10-11H,3-9H2,1-2H3,(H,17,18).